The summed E-state index contributed by atoms with van der Waals surface area (Å²) in [4.78, 5) is 26.3. The molecule has 1 amide bonds. The highest BCUT2D eigenvalue weighted by molar-refractivity contribution is 5.97. The van der Waals surface area contributed by atoms with Crippen molar-refractivity contribution < 1.29 is 19.1 Å². The van der Waals surface area contributed by atoms with Crippen LogP contribution < -0.4 is 9.64 Å². The number of amides is 1. The Morgan fingerprint density at radius 1 is 1.07 bits per heavy atom. The zero-order chi connectivity index (χ0) is 21.2. The summed E-state index contributed by atoms with van der Waals surface area (Å²) in [6, 6.07) is 16.0. The standard InChI is InChI=1S/C23H26N2O4/c1-17(2)15-28-21-11-7-19(8-12-21)23(27)29-16-22(26)25(14-4-13-24)20-9-5-18(3)6-10-20/h5-12,17H,4,14-16H2,1-3H3. The number of nitrogens with zero attached hydrogens (tertiary/aromatic N) is 2. The molecule has 0 heterocycles. The number of esters is 1. The van der Waals surface area contributed by atoms with Gasteiger partial charge in [0.05, 0.1) is 24.7 Å². The summed E-state index contributed by atoms with van der Waals surface area (Å²) in [5, 5.41) is 8.86. The highest BCUT2D eigenvalue weighted by Crippen LogP contribution is 2.17. The van der Waals surface area contributed by atoms with Gasteiger partial charge in [-0.3, -0.25) is 4.79 Å². The highest BCUT2D eigenvalue weighted by atomic mass is 16.5. The molecule has 0 bridgehead atoms. The number of ether oxygens (including phenoxy) is 2. The van der Waals surface area contributed by atoms with E-state index in [9.17, 15) is 9.59 Å². The molecule has 0 radical (unpaired) electrons. The lowest BCUT2D eigenvalue weighted by Gasteiger charge is -2.21. The fourth-order valence-electron chi connectivity index (χ4n) is 2.52. The molecule has 0 saturated heterocycles. The maximum Gasteiger partial charge on any atom is 0.338 e. The van der Waals surface area contributed by atoms with Gasteiger partial charge >= 0.3 is 5.97 Å². The first-order valence-electron chi connectivity index (χ1n) is 9.54. The predicted octanol–water partition coefficient (Wildman–Crippen LogP) is 4.13. The van der Waals surface area contributed by atoms with E-state index in [2.05, 4.69) is 13.8 Å². The number of carbonyl (C=O) groups excluding carboxylic acids is 2. The van der Waals surface area contributed by atoms with Crippen LogP contribution in [0.15, 0.2) is 48.5 Å². The van der Waals surface area contributed by atoms with E-state index < -0.39 is 12.6 Å². The molecule has 0 aliphatic carbocycles. The molecule has 0 N–H and O–H groups in total. The third-order valence-electron chi connectivity index (χ3n) is 4.09. The molecule has 0 aromatic heterocycles. The largest absolute Gasteiger partial charge is 0.493 e. The molecule has 0 unspecified atom stereocenters. The van der Waals surface area contributed by atoms with Gasteiger partial charge in [-0.2, -0.15) is 5.26 Å². The quantitative estimate of drug-likeness (QED) is 0.598. The van der Waals surface area contributed by atoms with Crippen LogP contribution in [0.25, 0.3) is 0 Å². The van der Waals surface area contributed by atoms with Crippen LogP contribution in [0.1, 0.15) is 36.2 Å². The molecular weight excluding hydrogens is 368 g/mol. The molecule has 0 aliphatic heterocycles. The van der Waals surface area contributed by atoms with Crippen LogP contribution in [0.4, 0.5) is 5.69 Å². The van der Waals surface area contributed by atoms with Crippen molar-refractivity contribution in [1.82, 2.24) is 0 Å². The predicted molar refractivity (Wildman–Crippen MR) is 111 cm³/mol. The zero-order valence-corrected chi connectivity index (χ0v) is 17.1. The topological polar surface area (TPSA) is 79.6 Å². The Balaban J connectivity index is 1.96. The molecule has 0 aliphatic rings. The second-order valence-electron chi connectivity index (χ2n) is 7.09. The first-order chi connectivity index (χ1) is 13.9. The molecule has 0 saturated carbocycles. The maximum absolute atomic E-state index is 12.6. The minimum Gasteiger partial charge on any atom is -0.493 e. The van der Waals surface area contributed by atoms with Crippen molar-refractivity contribution in [3.05, 3.63) is 59.7 Å². The van der Waals surface area contributed by atoms with Gasteiger partial charge in [-0.15, -0.1) is 0 Å². The van der Waals surface area contributed by atoms with Crippen molar-refractivity contribution in [2.45, 2.75) is 27.2 Å². The van der Waals surface area contributed by atoms with Gasteiger partial charge in [0.15, 0.2) is 6.61 Å². The Bertz CT molecular complexity index is 852. The number of benzene rings is 2. The number of nitriles is 1. The van der Waals surface area contributed by atoms with E-state index in [-0.39, 0.29) is 18.9 Å². The van der Waals surface area contributed by atoms with Crippen LogP contribution in [0.2, 0.25) is 0 Å². The number of carbonyl (C=O) groups is 2. The van der Waals surface area contributed by atoms with Crippen molar-refractivity contribution >= 4 is 17.6 Å². The van der Waals surface area contributed by atoms with Gasteiger partial charge in [0.2, 0.25) is 0 Å². The molecule has 0 atom stereocenters. The van der Waals surface area contributed by atoms with Crippen LogP contribution in [0.5, 0.6) is 5.75 Å². The first-order valence-corrected chi connectivity index (χ1v) is 9.54. The summed E-state index contributed by atoms with van der Waals surface area (Å²) >= 11 is 0. The van der Waals surface area contributed by atoms with Crippen molar-refractivity contribution in [2.24, 2.45) is 5.92 Å². The van der Waals surface area contributed by atoms with Crippen LogP contribution in [0, 0.1) is 24.2 Å². The van der Waals surface area contributed by atoms with E-state index in [0.717, 1.165) is 5.56 Å². The molecule has 6 nitrogen and oxygen atoms in total. The minimum absolute atomic E-state index is 0.186. The Morgan fingerprint density at radius 3 is 2.31 bits per heavy atom. The SMILES string of the molecule is Cc1ccc(N(CCC#N)C(=O)COC(=O)c2ccc(OCC(C)C)cc2)cc1. The summed E-state index contributed by atoms with van der Waals surface area (Å²) in [5.74, 6) is 0.115. The third kappa shape index (κ3) is 6.96. The summed E-state index contributed by atoms with van der Waals surface area (Å²) in [6.07, 6.45) is 0.186. The molecule has 0 spiro atoms. The van der Waals surface area contributed by atoms with Crippen molar-refractivity contribution in [3.63, 3.8) is 0 Å². The molecule has 29 heavy (non-hydrogen) atoms. The summed E-state index contributed by atoms with van der Waals surface area (Å²) in [5.41, 5.74) is 2.07. The molecule has 6 heteroatoms. The normalized spacial score (nSPS) is 10.3. The van der Waals surface area contributed by atoms with Crippen molar-refractivity contribution in [1.29, 1.82) is 5.26 Å². The number of anilines is 1. The van der Waals surface area contributed by atoms with Gasteiger partial charge in [-0.25, -0.2) is 4.79 Å². The number of hydrogen-bond donors (Lipinski definition) is 0. The van der Waals surface area contributed by atoms with Crippen LogP contribution in [0.3, 0.4) is 0 Å². The lowest BCUT2D eigenvalue weighted by Crippen LogP contribution is -2.35. The van der Waals surface area contributed by atoms with E-state index in [4.69, 9.17) is 14.7 Å². The number of rotatable bonds is 9. The lowest BCUT2D eigenvalue weighted by molar-refractivity contribution is -0.121. The Labute approximate surface area is 171 Å². The smallest absolute Gasteiger partial charge is 0.338 e. The van der Waals surface area contributed by atoms with E-state index in [1.807, 2.05) is 37.3 Å². The Kier molecular flexibility index (Phi) is 8.23. The van der Waals surface area contributed by atoms with Crippen LogP contribution in [-0.4, -0.2) is 31.6 Å². The molecule has 152 valence electrons. The van der Waals surface area contributed by atoms with E-state index in [1.165, 1.54) is 4.90 Å². The molecule has 2 aromatic carbocycles. The average molecular weight is 394 g/mol. The average Bonchev–Trinajstić information content (AvgIpc) is 2.72. The molecule has 0 fully saturated rings. The molecular formula is C23H26N2O4. The third-order valence-corrected chi connectivity index (χ3v) is 4.09. The highest BCUT2D eigenvalue weighted by Gasteiger charge is 2.18. The zero-order valence-electron chi connectivity index (χ0n) is 17.1. The number of aryl methyl sites for hydroxylation is 1. The van der Waals surface area contributed by atoms with Crippen LogP contribution >= 0.6 is 0 Å². The van der Waals surface area contributed by atoms with Gasteiger partial charge in [0.1, 0.15) is 5.75 Å². The fourth-order valence-corrected chi connectivity index (χ4v) is 2.52. The second-order valence-corrected chi connectivity index (χ2v) is 7.09. The van der Waals surface area contributed by atoms with Crippen LogP contribution in [-0.2, 0) is 9.53 Å². The van der Waals surface area contributed by atoms with Gasteiger partial charge < -0.3 is 14.4 Å². The van der Waals surface area contributed by atoms with Gasteiger partial charge in [-0.1, -0.05) is 31.5 Å². The summed E-state index contributed by atoms with van der Waals surface area (Å²) in [7, 11) is 0. The first kappa shape index (κ1) is 22.0. The monoisotopic (exact) mass is 394 g/mol. The summed E-state index contributed by atoms with van der Waals surface area (Å²) in [6.45, 7) is 6.49. The Hall–Kier alpha value is -3.33. The second kappa shape index (κ2) is 10.9. The fraction of sp³-hybridized carbons (Fsp3) is 0.348. The minimum atomic E-state index is -0.585. The molecule has 2 aromatic rings. The van der Waals surface area contributed by atoms with Gasteiger partial charge in [0, 0.05) is 12.2 Å². The van der Waals surface area contributed by atoms with Crippen molar-refractivity contribution in [2.75, 3.05) is 24.7 Å². The van der Waals surface area contributed by atoms with Gasteiger partial charge in [0.25, 0.3) is 5.91 Å². The molecule has 2 rings (SSSR count). The Morgan fingerprint density at radius 2 is 1.72 bits per heavy atom. The van der Waals surface area contributed by atoms with Crippen molar-refractivity contribution in [3.8, 4) is 11.8 Å². The van der Waals surface area contributed by atoms with Gasteiger partial charge in [-0.05, 0) is 49.2 Å². The van der Waals surface area contributed by atoms with E-state index in [0.29, 0.717) is 29.5 Å². The lowest BCUT2D eigenvalue weighted by atomic mass is 10.2. The summed E-state index contributed by atoms with van der Waals surface area (Å²) < 4.78 is 10.8. The van der Waals surface area contributed by atoms with E-state index >= 15 is 0 Å². The number of hydrogen-bond acceptors (Lipinski definition) is 5. The van der Waals surface area contributed by atoms with E-state index in [1.54, 1.807) is 24.3 Å². The maximum atomic E-state index is 12.6.